The van der Waals surface area contributed by atoms with Gasteiger partial charge < -0.3 is 19.4 Å². The number of methoxy groups -OCH3 is 1. The largest absolute Gasteiger partial charge is 0.493 e. The van der Waals surface area contributed by atoms with Crippen LogP contribution in [0.15, 0.2) is 48.7 Å². The van der Waals surface area contributed by atoms with Crippen LogP contribution < -0.4 is 9.47 Å². The number of rotatable bonds is 8. The Morgan fingerprint density at radius 3 is 2.61 bits per heavy atom. The molecule has 0 radical (unpaired) electrons. The van der Waals surface area contributed by atoms with Crippen LogP contribution in [0.4, 0.5) is 0 Å². The van der Waals surface area contributed by atoms with Crippen LogP contribution in [0.1, 0.15) is 31.9 Å². The summed E-state index contributed by atoms with van der Waals surface area (Å²) in [5.74, 6) is 1.48. The summed E-state index contributed by atoms with van der Waals surface area (Å²) >= 11 is 0. The van der Waals surface area contributed by atoms with E-state index in [0.29, 0.717) is 31.1 Å². The van der Waals surface area contributed by atoms with Gasteiger partial charge in [-0.05, 0) is 38.5 Å². The van der Waals surface area contributed by atoms with Gasteiger partial charge in [0.25, 0.3) is 0 Å². The zero-order valence-electron chi connectivity index (χ0n) is 17.0. The number of carbonyl (C=O) groups is 1. The first kappa shape index (κ1) is 19.8. The lowest BCUT2D eigenvalue weighted by Crippen LogP contribution is -2.37. The summed E-state index contributed by atoms with van der Waals surface area (Å²) in [6, 6.07) is 13.9. The van der Waals surface area contributed by atoms with Gasteiger partial charge in [0.2, 0.25) is 5.91 Å². The van der Waals surface area contributed by atoms with E-state index in [9.17, 15) is 4.79 Å². The van der Waals surface area contributed by atoms with Crippen molar-refractivity contribution in [1.82, 2.24) is 9.88 Å². The highest BCUT2D eigenvalue weighted by Crippen LogP contribution is 2.32. The second kappa shape index (κ2) is 8.83. The molecule has 5 heteroatoms. The van der Waals surface area contributed by atoms with Crippen LogP contribution in [0.5, 0.6) is 11.5 Å². The summed E-state index contributed by atoms with van der Waals surface area (Å²) in [4.78, 5) is 18.3. The fraction of sp³-hybridized carbons (Fsp3) is 0.348. The minimum absolute atomic E-state index is 0.0677. The van der Waals surface area contributed by atoms with E-state index in [2.05, 4.69) is 4.98 Å². The Balaban J connectivity index is 1.84. The van der Waals surface area contributed by atoms with E-state index in [4.69, 9.17) is 9.47 Å². The molecule has 1 N–H and O–H groups in total. The van der Waals surface area contributed by atoms with Gasteiger partial charge in [0.05, 0.1) is 20.1 Å². The van der Waals surface area contributed by atoms with Gasteiger partial charge in [0.1, 0.15) is 0 Å². The number of nitrogens with one attached hydrogen (secondary N) is 1. The Labute approximate surface area is 166 Å². The topological polar surface area (TPSA) is 54.6 Å². The average molecular weight is 380 g/mol. The number of fused-ring (bicyclic) bond motifs is 1. The van der Waals surface area contributed by atoms with E-state index in [-0.39, 0.29) is 11.9 Å². The van der Waals surface area contributed by atoms with Gasteiger partial charge >= 0.3 is 0 Å². The molecule has 1 amide bonds. The number of amides is 1. The van der Waals surface area contributed by atoms with Crippen molar-refractivity contribution >= 4 is 16.8 Å². The summed E-state index contributed by atoms with van der Waals surface area (Å²) in [5, 5.41) is 1.09. The molecule has 0 saturated carbocycles. The van der Waals surface area contributed by atoms with Gasteiger partial charge in [-0.25, -0.2) is 0 Å². The molecule has 1 aromatic heterocycles. The second-order valence-corrected chi connectivity index (χ2v) is 7.03. The third-order valence-electron chi connectivity index (χ3n) is 4.87. The van der Waals surface area contributed by atoms with Crippen LogP contribution in [0, 0.1) is 0 Å². The van der Waals surface area contributed by atoms with Gasteiger partial charge in [0, 0.05) is 35.2 Å². The molecule has 0 aliphatic heterocycles. The molecule has 28 heavy (non-hydrogen) atoms. The zero-order valence-corrected chi connectivity index (χ0v) is 17.0. The first-order valence-corrected chi connectivity index (χ1v) is 9.68. The maximum absolute atomic E-state index is 13.2. The van der Waals surface area contributed by atoms with Gasteiger partial charge in [-0.2, -0.15) is 0 Å². The first-order valence-electron chi connectivity index (χ1n) is 9.68. The predicted octanol–water partition coefficient (Wildman–Crippen LogP) is 4.55. The number of hydrogen-bond donors (Lipinski definition) is 1. The number of nitrogens with zero attached hydrogens (tertiary/aromatic N) is 1. The fourth-order valence-electron chi connectivity index (χ4n) is 3.47. The van der Waals surface area contributed by atoms with Crippen molar-refractivity contribution in [1.29, 1.82) is 0 Å². The van der Waals surface area contributed by atoms with Crippen LogP contribution in [0.25, 0.3) is 10.9 Å². The standard InChI is InChI=1S/C23H28N2O3/c1-5-28-21-12-8-9-17(23(21)27-4)15-25(16(2)3)22(26)13-18-14-24-20-11-7-6-10-19(18)20/h6-12,14,16,24H,5,13,15H2,1-4H3. The van der Waals surface area contributed by atoms with Gasteiger partial charge in [-0.1, -0.05) is 30.3 Å². The lowest BCUT2D eigenvalue weighted by atomic mass is 10.1. The number of ether oxygens (including phenoxy) is 2. The summed E-state index contributed by atoms with van der Waals surface area (Å²) in [6.45, 7) is 7.05. The Kier molecular flexibility index (Phi) is 6.24. The second-order valence-electron chi connectivity index (χ2n) is 7.03. The molecule has 0 saturated heterocycles. The summed E-state index contributed by atoms with van der Waals surface area (Å²) in [5.41, 5.74) is 3.00. The Morgan fingerprint density at radius 1 is 1.11 bits per heavy atom. The van der Waals surface area contributed by atoms with Gasteiger partial charge in [-0.15, -0.1) is 0 Å². The van der Waals surface area contributed by atoms with Crippen LogP contribution in [-0.4, -0.2) is 35.5 Å². The Bertz CT molecular complexity index is 946. The van der Waals surface area contributed by atoms with Crippen molar-refractivity contribution in [2.45, 2.75) is 39.8 Å². The molecule has 0 aliphatic rings. The van der Waals surface area contributed by atoms with E-state index in [0.717, 1.165) is 22.0 Å². The number of carbonyl (C=O) groups excluding carboxylic acids is 1. The highest BCUT2D eigenvalue weighted by molar-refractivity contribution is 5.89. The maximum atomic E-state index is 13.2. The smallest absolute Gasteiger partial charge is 0.227 e. The van der Waals surface area contributed by atoms with E-state index in [1.165, 1.54) is 0 Å². The van der Waals surface area contributed by atoms with E-state index in [1.54, 1.807) is 7.11 Å². The molecule has 3 rings (SSSR count). The molecule has 3 aromatic rings. The molecule has 0 bridgehead atoms. The average Bonchev–Trinajstić information content (AvgIpc) is 3.09. The maximum Gasteiger partial charge on any atom is 0.227 e. The molecule has 0 spiro atoms. The zero-order chi connectivity index (χ0) is 20.1. The molecule has 2 aromatic carbocycles. The molecule has 0 fully saturated rings. The fourth-order valence-corrected chi connectivity index (χ4v) is 3.47. The van der Waals surface area contributed by atoms with Gasteiger partial charge in [0.15, 0.2) is 11.5 Å². The Hall–Kier alpha value is -2.95. The van der Waals surface area contributed by atoms with Crippen molar-refractivity contribution in [3.8, 4) is 11.5 Å². The third-order valence-corrected chi connectivity index (χ3v) is 4.87. The monoisotopic (exact) mass is 380 g/mol. The SMILES string of the molecule is CCOc1cccc(CN(C(=O)Cc2c[nH]c3ccccc23)C(C)C)c1OC. The summed E-state index contributed by atoms with van der Waals surface area (Å²) < 4.78 is 11.3. The summed E-state index contributed by atoms with van der Waals surface area (Å²) in [7, 11) is 1.63. The Morgan fingerprint density at radius 2 is 1.89 bits per heavy atom. The number of benzene rings is 2. The van der Waals surface area contributed by atoms with Crippen molar-refractivity contribution in [2.24, 2.45) is 0 Å². The van der Waals surface area contributed by atoms with Crippen molar-refractivity contribution < 1.29 is 14.3 Å². The van der Waals surface area contributed by atoms with Crippen molar-refractivity contribution in [3.05, 3.63) is 59.8 Å². The molecule has 5 nitrogen and oxygen atoms in total. The molecule has 148 valence electrons. The van der Waals surface area contributed by atoms with E-state index < -0.39 is 0 Å². The molecule has 0 aliphatic carbocycles. The molecule has 0 atom stereocenters. The van der Waals surface area contributed by atoms with Crippen LogP contribution >= 0.6 is 0 Å². The van der Waals surface area contributed by atoms with Crippen molar-refractivity contribution in [3.63, 3.8) is 0 Å². The van der Waals surface area contributed by atoms with Crippen molar-refractivity contribution in [2.75, 3.05) is 13.7 Å². The number of hydrogen-bond acceptors (Lipinski definition) is 3. The summed E-state index contributed by atoms with van der Waals surface area (Å²) in [6.07, 6.45) is 2.28. The minimum Gasteiger partial charge on any atom is -0.493 e. The predicted molar refractivity (Wildman–Crippen MR) is 112 cm³/mol. The highest BCUT2D eigenvalue weighted by Gasteiger charge is 2.21. The molecule has 0 unspecified atom stereocenters. The molecular formula is C23H28N2O3. The van der Waals surface area contributed by atoms with E-state index >= 15 is 0 Å². The number of H-pyrrole nitrogens is 1. The first-order chi connectivity index (χ1) is 13.5. The third kappa shape index (κ3) is 4.14. The number of aromatic amines is 1. The molecule has 1 heterocycles. The van der Waals surface area contributed by atoms with Crippen LogP contribution in [0.2, 0.25) is 0 Å². The van der Waals surface area contributed by atoms with Crippen LogP contribution in [-0.2, 0) is 17.8 Å². The lowest BCUT2D eigenvalue weighted by molar-refractivity contribution is -0.132. The van der Waals surface area contributed by atoms with Crippen LogP contribution in [0.3, 0.4) is 0 Å². The molecular weight excluding hydrogens is 352 g/mol. The number of aromatic nitrogens is 1. The normalized spacial score (nSPS) is 11.0. The number of para-hydroxylation sites is 2. The minimum atomic E-state index is 0.0677. The highest BCUT2D eigenvalue weighted by atomic mass is 16.5. The van der Waals surface area contributed by atoms with Gasteiger partial charge in [-0.3, -0.25) is 4.79 Å². The van der Waals surface area contributed by atoms with E-state index in [1.807, 2.05) is 74.3 Å². The quantitative estimate of drug-likeness (QED) is 0.623. The lowest BCUT2D eigenvalue weighted by Gasteiger charge is -2.28.